The third-order valence-electron chi connectivity index (χ3n) is 2.58. The van der Waals surface area contributed by atoms with E-state index in [1.54, 1.807) is 31.4 Å². The van der Waals surface area contributed by atoms with E-state index in [-0.39, 0.29) is 5.69 Å². The highest BCUT2D eigenvalue weighted by molar-refractivity contribution is 7.10. The number of aliphatic hydroxyl groups is 1. The summed E-state index contributed by atoms with van der Waals surface area (Å²) in [5.41, 5.74) is 2.04. The quantitative estimate of drug-likeness (QED) is 0.682. The number of aromatic nitrogens is 1. The van der Waals surface area contributed by atoms with Crippen molar-refractivity contribution in [3.8, 4) is 11.3 Å². The zero-order valence-corrected chi connectivity index (χ0v) is 10.8. The van der Waals surface area contributed by atoms with Crippen molar-refractivity contribution in [2.75, 3.05) is 0 Å². The third-order valence-corrected chi connectivity index (χ3v) is 3.60. The number of nitrogens with zero attached hydrogens (tertiary/aromatic N) is 2. The molecule has 0 bridgehead atoms. The molecule has 1 heterocycles. The first kappa shape index (κ1) is 12.7. The van der Waals surface area contributed by atoms with Gasteiger partial charge in [0.1, 0.15) is 11.1 Å². The molecule has 2 rings (SSSR count). The van der Waals surface area contributed by atoms with E-state index in [2.05, 4.69) is 4.98 Å². The third kappa shape index (κ3) is 2.39. The zero-order valence-electron chi connectivity index (χ0n) is 9.95. The van der Waals surface area contributed by atoms with Crippen molar-refractivity contribution in [1.82, 2.24) is 4.98 Å². The van der Waals surface area contributed by atoms with E-state index in [1.807, 2.05) is 0 Å². The SMILES string of the molecule is Cc1ccc(-c2csc(C(C)O)n2)cc1[N+](=O)[O-]. The molecule has 0 amide bonds. The zero-order chi connectivity index (χ0) is 13.3. The fraction of sp³-hybridized carbons (Fsp3) is 0.250. The molecule has 2 aromatic rings. The van der Waals surface area contributed by atoms with Crippen LogP contribution >= 0.6 is 11.3 Å². The molecule has 94 valence electrons. The largest absolute Gasteiger partial charge is 0.386 e. The Morgan fingerprint density at radius 3 is 2.78 bits per heavy atom. The van der Waals surface area contributed by atoms with Crippen LogP contribution in [0.1, 0.15) is 23.6 Å². The first-order chi connectivity index (χ1) is 8.49. The van der Waals surface area contributed by atoms with Crippen LogP contribution in [0.2, 0.25) is 0 Å². The molecule has 0 aliphatic rings. The summed E-state index contributed by atoms with van der Waals surface area (Å²) in [5, 5.41) is 22.7. The minimum atomic E-state index is -0.621. The van der Waals surface area contributed by atoms with Crippen molar-refractivity contribution in [1.29, 1.82) is 0 Å². The van der Waals surface area contributed by atoms with Crippen LogP contribution in [0.25, 0.3) is 11.3 Å². The summed E-state index contributed by atoms with van der Waals surface area (Å²) < 4.78 is 0. The van der Waals surface area contributed by atoms with Crippen LogP contribution in [0.15, 0.2) is 23.6 Å². The Hall–Kier alpha value is -1.79. The predicted molar refractivity (Wildman–Crippen MR) is 69.6 cm³/mol. The van der Waals surface area contributed by atoms with E-state index < -0.39 is 11.0 Å². The van der Waals surface area contributed by atoms with Crippen LogP contribution in [0, 0.1) is 17.0 Å². The maximum absolute atomic E-state index is 10.9. The Labute approximate surface area is 108 Å². The van der Waals surface area contributed by atoms with Gasteiger partial charge in [0.25, 0.3) is 5.69 Å². The lowest BCUT2D eigenvalue weighted by Crippen LogP contribution is -1.93. The van der Waals surface area contributed by atoms with Crippen LogP contribution in [-0.2, 0) is 0 Å². The average molecular weight is 264 g/mol. The van der Waals surface area contributed by atoms with Gasteiger partial charge in [-0.15, -0.1) is 11.3 Å². The summed E-state index contributed by atoms with van der Waals surface area (Å²) in [6, 6.07) is 5.01. The number of aliphatic hydroxyl groups excluding tert-OH is 1. The molecule has 5 nitrogen and oxygen atoms in total. The van der Waals surface area contributed by atoms with E-state index in [0.717, 1.165) is 0 Å². The second kappa shape index (κ2) is 4.83. The van der Waals surface area contributed by atoms with Crippen molar-refractivity contribution in [2.24, 2.45) is 0 Å². The number of hydrogen-bond donors (Lipinski definition) is 1. The summed E-state index contributed by atoms with van der Waals surface area (Å²) in [6.07, 6.45) is -0.621. The van der Waals surface area contributed by atoms with Gasteiger partial charge in [0.15, 0.2) is 0 Å². The van der Waals surface area contributed by atoms with E-state index in [1.165, 1.54) is 17.4 Å². The van der Waals surface area contributed by atoms with Crippen LogP contribution in [0.4, 0.5) is 5.69 Å². The highest BCUT2D eigenvalue weighted by atomic mass is 32.1. The molecule has 1 N–H and O–H groups in total. The molecule has 18 heavy (non-hydrogen) atoms. The second-order valence-corrected chi connectivity index (χ2v) is 4.90. The van der Waals surface area contributed by atoms with Crippen molar-refractivity contribution in [3.63, 3.8) is 0 Å². The van der Waals surface area contributed by atoms with Gasteiger partial charge in [-0.25, -0.2) is 4.98 Å². The number of hydrogen-bond acceptors (Lipinski definition) is 5. The number of thiazole rings is 1. The van der Waals surface area contributed by atoms with Crippen LogP contribution in [0.3, 0.4) is 0 Å². The van der Waals surface area contributed by atoms with Crippen molar-refractivity contribution < 1.29 is 10.0 Å². The Morgan fingerprint density at radius 2 is 2.22 bits per heavy atom. The molecular weight excluding hydrogens is 252 g/mol. The lowest BCUT2D eigenvalue weighted by atomic mass is 10.1. The van der Waals surface area contributed by atoms with E-state index in [9.17, 15) is 15.2 Å². The Balaban J connectivity index is 2.44. The normalized spacial score (nSPS) is 12.4. The molecule has 1 aromatic heterocycles. The molecule has 0 spiro atoms. The lowest BCUT2D eigenvalue weighted by Gasteiger charge is -2.00. The first-order valence-electron chi connectivity index (χ1n) is 5.38. The molecule has 1 aromatic carbocycles. The van der Waals surface area contributed by atoms with Gasteiger partial charge >= 0.3 is 0 Å². The van der Waals surface area contributed by atoms with Gasteiger partial charge in [0.05, 0.1) is 10.6 Å². The summed E-state index contributed by atoms with van der Waals surface area (Å²) in [4.78, 5) is 14.7. The van der Waals surface area contributed by atoms with Gasteiger partial charge < -0.3 is 5.11 Å². The average Bonchev–Trinajstić information content (AvgIpc) is 2.78. The number of nitro groups is 1. The molecule has 6 heteroatoms. The van der Waals surface area contributed by atoms with Crippen molar-refractivity contribution >= 4 is 17.0 Å². The highest BCUT2D eigenvalue weighted by Crippen LogP contribution is 2.29. The van der Waals surface area contributed by atoms with E-state index in [4.69, 9.17) is 0 Å². The predicted octanol–water partition coefficient (Wildman–Crippen LogP) is 3.08. The topological polar surface area (TPSA) is 76.3 Å². The van der Waals surface area contributed by atoms with Crippen molar-refractivity contribution in [2.45, 2.75) is 20.0 Å². The maximum atomic E-state index is 10.9. The van der Waals surface area contributed by atoms with E-state index in [0.29, 0.717) is 21.8 Å². The highest BCUT2D eigenvalue weighted by Gasteiger charge is 2.14. The lowest BCUT2D eigenvalue weighted by molar-refractivity contribution is -0.385. The molecule has 0 fully saturated rings. The van der Waals surface area contributed by atoms with Gasteiger partial charge in [-0.2, -0.15) is 0 Å². The minimum absolute atomic E-state index is 0.0825. The van der Waals surface area contributed by atoms with Crippen LogP contribution < -0.4 is 0 Å². The molecule has 1 atom stereocenters. The summed E-state index contributed by atoms with van der Waals surface area (Å²) in [6.45, 7) is 3.34. The fourth-order valence-corrected chi connectivity index (χ4v) is 2.35. The van der Waals surface area contributed by atoms with Gasteiger partial charge in [-0.05, 0) is 13.8 Å². The second-order valence-electron chi connectivity index (χ2n) is 4.01. The maximum Gasteiger partial charge on any atom is 0.272 e. The van der Waals surface area contributed by atoms with Crippen LogP contribution in [0.5, 0.6) is 0 Å². The Kier molecular flexibility index (Phi) is 3.40. The molecule has 0 radical (unpaired) electrons. The van der Waals surface area contributed by atoms with Gasteiger partial charge in [-0.1, -0.05) is 12.1 Å². The van der Waals surface area contributed by atoms with Gasteiger partial charge in [-0.3, -0.25) is 10.1 Å². The van der Waals surface area contributed by atoms with E-state index >= 15 is 0 Å². The van der Waals surface area contributed by atoms with Gasteiger partial charge in [0, 0.05) is 22.6 Å². The van der Waals surface area contributed by atoms with Gasteiger partial charge in [0.2, 0.25) is 0 Å². The monoisotopic (exact) mass is 264 g/mol. The standard InChI is InChI=1S/C12H12N2O3S/c1-7-3-4-9(5-11(7)14(16)17)10-6-18-12(13-10)8(2)15/h3-6,8,15H,1-2H3. The molecule has 0 saturated heterocycles. The number of nitro benzene ring substituents is 1. The smallest absolute Gasteiger partial charge is 0.272 e. The first-order valence-corrected chi connectivity index (χ1v) is 6.26. The molecule has 1 unspecified atom stereocenters. The molecular formula is C12H12N2O3S. The van der Waals surface area contributed by atoms with Crippen molar-refractivity contribution in [3.05, 3.63) is 44.3 Å². The Bertz CT molecular complexity index is 593. The summed E-state index contributed by atoms with van der Waals surface area (Å²) >= 11 is 1.34. The number of aryl methyl sites for hydroxylation is 1. The Morgan fingerprint density at radius 1 is 1.50 bits per heavy atom. The molecule has 0 saturated carbocycles. The number of rotatable bonds is 3. The fourth-order valence-electron chi connectivity index (χ4n) is 1.58. The minimum Gasteiger partial charge on any atom is -0.386 e. The molecule has 0 aliphatic carbocycles. The summed E-state index contributed by atoms with van der Waals surface area (Å²) in [7, 11) is 0. The van der Waals surface area contributed by atoms with Crippen LogP contribution in [-0.4, -0.2) is 15.0 Å². The summed E-state index contributed by atoms with van der Waals surface area (Å²) in [5.74, 6) is 0. The number of benzene rings is 1. The molecule has 0 aliphatic heterocycles.